The molecule has 1 aliphatic carbocycles. The van der Waals surface area contributed by atoms with Gasteiger partial charge in [0.1, 0.15) is 11.6 Å². The van der Waals surface area contributed by atoms with E-state index < -0.39 is 0 Å². The molecule has 26 heavy (non-hydrogen) atoms. The van der Waals surface area contributed by atoms with Crippen LogP contribution in [0.2, 0.25) is 0 Å². The van der Waals surface area contributed by atoms with E-state index in [0.29, 0.717) is 24.3 Å². The van der Waals surface area contributed by atoms with Gasteiger partial charge < -0.3 is 14.0 Å². The maximum absolute atomic E-state index is 13.1. The van der Waals surface area contributed by atoms with E-state index in [9.17, 15) is 4.39 Å². The quantitative estimate of drug-likeness (QED) is 0.719. The maximum Gasteiger partial charge on any atom is 0.324 e. The highest BCUT2D eigenvalue weighted by atomic mass is 19.1. The first kappa shape index (κ1) is 15.5. The lowest BCUT2D eigenvalue weighted by Crippen LogP contribution is -2.34. The van der Waals surface area contributed by atoms with Crippen molar-refractivity contribution in [1.29, 1.82) is 0 Å². The molecule has 0 unspecified atom stereocenters. The molecule has 3 heterocycles. The molecule has 1 aromatic carbocycles. The van der Waals surface area contributed by atoms with Crippen molar-refractivity contribution in [1.82, 2.24) is 24.9 Å². The van der Waals surface area contributed by atoms with Crippen molar-refractivity contribution in [2.24, 2.45) is 0 Å². The van der Waals surface area contributed by atoms with Gasteiger partial charge in [0.05, 0.1) is 6.54 Å². The first-order valence-electron chi connectivity index (χ1n) is 9.04. The molecule has 0 radical (unpaired) electrons. The van der Waals surface area contributed by atoms with Gasteiger partial charge in [-0.25, -0.2) is 4.39 Å². The van der Waals surface area contributed by atoms with Gasteiger partial charge in [-0.15, -0.1) is 10.2 Å². The van der Waals surface area contributed by atoms with Crippen LogP contribution in [0.15, 0.2) is 28.8 Å². The van der Waals surface area contributed by atoms with Crippen molar-refractivity contribution in [2.45, 2.75) is 44.7 Å². The van der Waals surface area contributed by atoms with Crippen LogP contribution in [-0.4, -0.2) is 31.4 Å². The Morgan fingerprint density at radius 1 is 1.04 bits per heavy atom. The zero-order chi connectivity index (χ0) is 17.5. The highest BCUT2D eigenvalue weighted by Crippen LogP contribution is 2.34. The van der Waals surface area contributed by atoms with E-state index >= 15 is 0 Å². The summed E-state index contributed by atoms with van der Waals surface area (Å²) in [6.07, 6.45) is 5.00. The first-order chi connectivity index (χ1) is 12.8. The van der Waals surface area contributed by atoms with E-state index in [1.807, 2.05) is 4.90 Å². The van der Waals surface area contributed by atoms with E-state index in [1.165, 1.54) is 37.8 Å². The molecule has 8 heteroatoms. The van der Waals surface area contributed by atoms with Crippen molar-refractivity contribution in [3.8, 4) is 11.4 Å². The van der Waals surface area contributed by atoms with Crippen molar-refractivity contribution >= 4 is 6.01 Å². The molecular weight excluding hydrogens is 335 g/mol. The fourth-order valence-electron chi connectivity index (χ4n) is 3.89. The van der Waals surface area contributed by atoms with Crippen molar-refractivity contribution in [3.05, 3.63) is 41.7 Å². The van der Waals surface area contributed by atoms with Crippen LogP contribution >= 0.6 is 0 Å². The summed E-state index contributed by atoms with van der Waals surface area (Å²) in [6.45, 7) is 2.20. The monoisotopic (exact) mass is 354 g/mol. The predicted molar refractivity (Wildman–Crippen MR) is 92.0 cm³/mol. The third-order valence-electron chi connectivity index (χ3n) is 5.29. The molecule has 1 fully saturated rings. The Labute approximate surface area is 149 Å². The molecule has 0 atom stereocenters. The van der Waals surface area contributed by atoms with E-state index in [0.717, 1.165) is 30.3 Å². The van der Waals surface area contributed by atoms with Crippen LogP contribution < -0.4 is 4.90 Å². The minimum absolute atomic E-state index is 0.286. The third kappa shape index (κ3) is 2.65. The third-order valence-corrected chi connectivity index (χ3v) is 5.29. The summed E-state index contributed by atoms with van der Waals surface area (Å²) in [7, 11) is 0. The number of rotatable bonds is 3. The Bertz CT molecular complexity index is 912. The maximum atomic E-state index is 13.1. The molecule has 2 aromatic heterocycles. The molecule has 0 saturated heterocycles. The average Bonchev–Trinajstić information content (AvgIpc) is 3.41. The fourth-order valence-corrected chi connectivity index (χ4v) is 3.89. The molecule has 1 aliphatic heterocycles. The van der Waals surface area contributed by atoms with E-state index in [1.54, 1.807) is 12.1 Å². The highest BCUT2D eigenvalue weighted by molar-refractivity contribution is 5.55. The summed E-state index contributed by atoms with van der Waals surface area (Å²) >= 11 is 0. The van der Waals surface area contributed by atoms with Gasteiger partial charge in [0.2, 0.25) is 5.82 Å². The average molecular weight is 354 g/mol. The van der Waals surface area contributed by atoms with E-state index in [2.05, 4.69) is 24.9 Å². The van der Waals surface area contributed by atoms with E-state index in [4.69, 9.17) is 4.52 Å². The van der Waals surface area contributed by atoms with Gasteiger partial charge in [0, 0.05) is 24.6 Å². The first-order valence-corrected chi connectivity index (χ1v) is 9.04. The Balaban J connectivity index is 1.36. The number of nitrogens with zero attached hydrogens (tertiary/aromatic N) is 6. The standard InChI is InChI=1S/C18H19FN6O/c19-14-7-5-12(6-8-14)16-20-18(26-23-16)24-9-10-25-15(11-24)21-22-17(25)13-3-1-2-4-13/h5-8,13H,1-4,9-11H2. The van der Waals surface area contributed by atoms with Gasteiger partial charge in [-0.2, -0.15) is 4.98 Å². The minimum Gasteiger partial charge on any atom is -0.315 e. The van der Waals surface area contributed by atoms with Gasteiger partial charge in [-0.1, -0.05) is 18.0 Å². The van der Waals surface area contributed by atoms with Crippen LogP contribution in [0, 0.1) is 5.82 Å². The van der Waals surface area contributed by atoms with Gasteiger partial charge in [-0.05, 0) is 37.1 Å². The van der Waals surface area contributed by atoms with Crippen LogP contribution in [-0.2, 0) is 13.1 Å². The Kier molecular flexibility index (Phi) is 3.69. The van der Waals surface area contributed by atoms with E-state index in [-0.39, 0.29) is 5.82 Å². The largest absolute Gasteiger partial charge is 0.324 e. The molecule has 0 N–H and O–H groups in total. The van der Waals surface area contributed by atoms with Gasteiger partial charge >= 0.3 is 6.01 Å². The topological polar surface area (TPSA) is 72.9 Å². The number of hydrogen-bond donors (Lipinski definition) is 0. The second-order valence-corrected chi connectivity index (χ2v) is 6.94. The normalized spacial score (nSPS) is 17.7. The van der Waals surface area contributed by atoms with Gasteiger partial charge in [-0.3, -0.25) is 0 Å². The lowest BCUT2D eigenvalue weighted by Gasteiger charge is -2.26. The Morgan fingerprint density at radius 2 is 1.85 bits per heavy atom. The smallest absolute Gasteiger partial charge is 0.315 e. The Morgan fingerprint density at radius 3 is 2.65 bits per heavy atom. The van der Waals surface area contributed by atoms with Crippen LogP contribution in [0.4, 0.5) is 10.4 Å². The molecule has 5 rings (SSSR count). The summed E-state index contributed by atoms with van der Waals surface area (Å²) in [6, 6.07) is 6.52. The molecule has 1 saturated carbocycles. The molecular formula is C18H19FN6O. The molecule has 0 bridgehead atoms. The van der Waals surface area contributed by atoms with Gasteiger partial charge in [0.25, 0.3) is 0 Å². The number of halogens is 1. The molecule has 2 aliphatic rings. The molecule has 0 amide bonds. The zero-order valence-electron chi connectivity index (χ0n) is 14.3. The number of hydrogen-bond acceptors (Lipinski definition) is 6. The number of fused-ring (bicyclic) bond motifs is 1. The minimum atomic E-state index is -0.286. The van der Waals surface area contributed by atoms with Crippen LogP contribution in [0.25, 0.3) is 11.4 Å². The Hall–Kier alpha value is -2.77. The summed E-state index contributed by atoms with van der Waals surface area (Å²) < 4.78 is 20.7. The lowest BCUT2D eigenvalue weighted by molar-refractivity contribution is 0.398. The molecule has 7 nitrogen and oxygen atoms in total. The van der Waals surface area contributed by atoms with Gasteiger partial charge in [0.15, 0.2) is 5.82 Å². The predicted octanol–water partition coefficient (Wildman–Crippen LogP) is 3.15. The SMILES string of the molecule is Fc1ccc(-c2noc(N3CCn4c(nnc4C4CCCC4)C3)n2)cc1. The summed E-state index contributed by atoms with van der Waals surface area (Å²) in [5.41, 5.74) is 0.727. The summed E-state index contributed by atoms with van der Waals surface area (Å²) in [4.78, 5) is 6.48. The molecule has 3 aromatic rings. The van der Waals surface area contributed by atoms with Crippen molar-refractivity contribution < 1.29 is 8.91 Å². The number of aromatic nitrogens is 5. The second kappa shape index (κ2) is 6.19. The zero-order valence-corrected chi connectivity index (χ0v) is 14.3. The molecule has 0 spiro atoms. The lowest BCUT2D eigenvalue weighted by atomic mass is 10.1. The fraction of sp³-hybridized carbons (Fsp3) is 0.444. The number of benzene rings is 1. The van der Waals surface area contributed by atoms with Crippen LogP contribution in [0.5, 0.6) is 0 Å². The second-order valence-electron chi connectivity index (χ2n) is 6.94. The summed E-state index contributed by atoms with van der Waals surface area (Å²) in [5, 5.41) is 12.9. The van der Waals surface area contributed by atoms with Crippen LogP contribution in [0.3, 0.4) is 0 Å². The highest BCUT2D eigenvalue weighted by Gasteiger charge is 2.29. The number of anilines is 1. The van der Waals surface area contributed by atoms with Crippen LogP contribution in [0.1, 0.15) is 43.3 Å². The molecule has 134 valence electrons. The van der Waals surface area contributed by atoms with Crippen molar-refractivity contribution in [2.75, 3.05) is 11.4 Å². The summed E-state index contributed by atoms with van der Waals surface area (Å²) in [5.74, 6) is 2.80. The van der Waals surface area contributed by atoms with Crippen molar-refractivity contribution in [3.63, 3.8) is 0 Å².